The van der Waals surface area contributed by atoms with Crippen LogP contribution in [-0.2, 0) is 20.0 Å². The van der Waals surface area contributed by atoms with Gasteiger partial charge in [-0.2, -0.15) is 0 Å². The fraction of sp³-hybridized carbons (Fsp3) is 0.0385. The molecule has 36 heavy (non-hydrogen) atoms. The number of aryl methyl sites for hydroxylation is 1. The Balaban J connectivity index is 1.45. The molecule has 0 spiro atoms. The first-order valence-corrected chi connectivity index (χ1v) is 13.8. The van der Waals surface area contributed by atoms with E-state index in [4.69, 9.17) is 0 Å². The highest BCUT2D eigenvalue weighted by atomic mass is 32.2. The molecule has 184 valence electrons. The summed E-state index contributed by atoms with van der Waals surface area (Å²) in [5, 5.41) is 2.68. The molecule has 0 fully saturated rings. The first-order valence-electron chi connectivity index (χ1n) is 10.8. The maximum absolute atomic E-state index is 12.7. The van der Waals surface area contributed by atoms with Crippen molar-refractivity contribution in [3.8, 4) is 0 Å². The minimum atomic E-state index is -3.80. The lowest BCUT2D eigenvalue weighted by Gasteiger charge is -2.11. The first kappa shape index (κ1) is 25.0. The Bertz CT molecular complexity index is 1600. The normalized spacial score (nSPS) is 11.5. The molecule has 4 aromatic rings. The number of nitrogens with one attached hydrogen (secondary N) is 3. The lowest BCUT2D eigenvalue weighted by molar-refractivity contribution is 0.102. The van der Waals surface area contributed by atoms with Crippen molar-refractivity contribution < 1.29 is 21.6 Å². The molecular weight excluding hydrogens is 498 g/mol. The van der Waals surface area contributed by atoms with E-state index in [1.807, 2.05) is 13.0 Å². The topological polar surface area (TPSA) is 121 Å². The Morgan fingerprint density at radius 1 is 0.583 bits per heavy atom. The summed E-state index contributed by atoms with van der Waals surface area (Å²) in [6.45, 7) is 1.86. The molecule has 0 aromatic heterocycles. The van der Waals surface area contributed by atoms with E-state index in [0.29, 0.717) is 11.4 Å². The molecule has 0 aliphatic carbocycles. The number of rotatable bonds is 8. The van der Waals surface area contributed by atoms with Gasteiger partial charge in [0.05, 0.1) is 9.79 Å². The SMILES string of the molecule is Cc1cccc(NS(=O)(=O)c2ccc(NC(=O)c3cccc(NS(=O)(=O)c4ccccc4)c3)cc2)c1. The second kappa shape index (κ2) is 10.2. The van der Waals surface area contributed by atoms with E-state index in [1.54, 1.807) is 48.5 Å². The fourth-order valence-electron chi connectivity index (χ4n) is 3.38. The quantitative estimate of drug-likeness (QED) is 0.306. The molecule has 10 heteroatoms. The van der Waals surface area contributed by atoms with E-state index in [2.05, 4.69) is 14.8 Å². The van der Waals surface area contributed by atoms with Gasteiger partial charge in [-0.3, -0.25) is 14.2 Å². The summed E-state index contributed by atoms with van der Waals surface area (Å²) < 4.78 is 55.4. The van der Waals surface area contributed by atoms with Gasteiger partial charge in [-0.05, 0) is 79.2 Å². The summed E-state index contributed by atoms with van der Waals surface area (Å²) >= 11 is 0. The van der Waals surface area contributed by atoms with Crippen LogP contribution in [-0.4, -0.2) is 22.7 Å². The van der Waals surface area contributed by atoms with Gasteiger partial charge in [0.1, 0.15) is 0 Å². The molecule has 0 aliphatic rings. The van der Waals surface area contributed by atoms with Crippen molar-refractivity contribution in [2.24, 2.45) is 0 Å². The average Bonchev–Trinajstić information content (AvgIpc) is 2.84. The minimum Gasteiger partial charge on any atom is -0.322 e. The van der Waals surface area contributed by atoms with Crippen molar-refractivity contribution in [1.82, 2.24) is 0 Å². The Morgan fingerprint density at radius 2 is 1.14 bits per heavy atom. The fourth-order valence-corrected chi connectivity index (χ4v) is 5.50. The predicted molar refractivity (Wildman–Crippen MR) is 140 cm³/mol. The van der Waals surface area contributed by atoms with E-state index in [1.165, 1.54) is 48.5 Å². The second-order valence-corrected chi connectivity index (χ2v) is 11.3. The van der Waals surface area contributed by atoms with E-state index in [-0.39, 0.29) is 21.0 Å². The third-order valence-corrected chi connectivity index (χ3v) is 7.92. The number of sulfonamides is 2. The highest BCUT2D eigenvalue weighted by Crippen LogP contribution is 2.21. The third kappa shape index (κ3) is 6.09. The molecule has 0 saturated carbocycles. The van der Waals surface area contributed by atoms with Crippen molar-refractivity contribution in [1.29, 1.82) is 0 Å². The highest BCUT2D eigenvalue weighted by molar-refractivity contribution is 7.93. The molecule has 0 atom stereocenters. The molecule has 4 aromatic carbocycles. The second-order valence-electron chi connectivity index (χ2n) is 7.95. The average molecular weight is 522 g/mol. The molecule has 0 bridgehead atoms. The lowest BCUT2D eigenvalue weighted by Crippen LogP contribution is -2.15. The molecule has 4 rings (SSSR count). The third-order valence-electron chi connectivity index (χ3n) is 5.12. The van der Waals surface area contributed by atoms with Crippen molar-refractivity contribution in [3.05, 3.63) is 114 Å². The van der Waals surface area contributed by atoms with Crippen LogP contribution in [0.1, 0.15) is 15.9 Å². The highest BCUT2D eigenvalue weighted by Gasteiger charge is 2.16. The maximum atomic E-state index is 12.7. The van der Waals surface area contributed by atoms with Gasteiger partial charge < -0.3 is 5.32 Å². The molecule has 0 radical (unpaired) electrons. The van der Waals surface area contributed by atoms with Gasteiger partial charge in [0.25, 0.3) is 26.0 Å². The number of amides is 1. The van der Waals surface area contributed by atoms with Crippen molar-refractivity contribution >= 4 is 43.0 Å². The summed E-state index contributed by atoms with van der Waals surface area (Å²) in [5.41, 5.74) is 2.21. The zero-order valence-corrected chi connectivity index (χ0v) is 20.8. The molecule has 0 unspecified atom stereocenters. The first-order chi connectivity index (χ1) is 17.1. The van der Waals surface area contributed by atoms with Crippen LogP contribution in [0.25, 0.3) is 0 Å². The van der Waals surface area contributed by atoms with E-state index < -0.39 is 26.0 Å². The molecule has 3 N–H and O–H groups in total. The van der Waals surface area contributed by atoms with E-state index in [9.17, 15) is 21.6 Å². The summed E-state index contributed by atoms with van der Waals surface area (Å²) in [4.78, 5) is 12.9. The van der Waals surface area contributed by atoms with Gasteiger partial charge in [0.15, 0.2) is 0 Å². The van der Waals surface area contributed by atoms with Crippen molar-refractivity contribution in [2.75, 3.05) is 14.8 Å². The zero-order chi connectivity index (χ0) is 25.8. The van der Waals surface area contributed by atoms with Crippen molar-refractivity contribution in [3.63, 3.8) is 0 Å². The van der Waals surface area contributed by atoms with Crippen LogP contribution in [0.2, 0.25) is 0 Å². The number of benzene rings is 4. The monoisotopic (exact) mass is 521 g/mol. The standard InChI is InChI=1S/C26H23N3O5S2/c1-19-7-5-9-22(17-19)28-36(33,34)25-15-13-21(14-16-25)27-26(30)20-8-6-10-23(18-20)29-35(31,32)24-11-3-2-4-12-24/h2-18,28-29H,1H3,(H,27,30). The van der Waals surface area contributed by atoms with E-state index in [0.717, 1.165) is 5.56 Å². The van der Waals surface area contributed by atoms with Gasteiger partial charge in [-0.25, -0.2) is 16.8 Å². The smallest absolute Gasteiger partial charge is 0.261 e. The summed E-state index contributed by atoms with van der Waals surface area (Å²) in [6, 6.07) is 26.7. The molecule has 1 amide bonds. The van der Waals surface area contributed by atoms with Crippen LogP contribution >= 0.6 is 0 Å². The van der Waals surface area contributed by atoms with Gasteiger partial charge in [0, 0.05) is 22.6 Å². The van der Waals surface area contributed by atoms with E-state index >= 15 is 0 Å². The van der Waals surface area contributed by atoms with Crippen LogP contribution in [0.4, 0.5) is 17.1 Å². The molecule has 8 nitrogen and oxygen atoms in total. The summed E-state index contributed by atoms with van der Waals surface area (Å²) in [7, 11) is -7.60. The Labute approximate surface area is 210 Å². The van der Waals surface area contributed by atoms with Gasteiger partial charge in [-0.15, -0.1) is 0 Å². The number of hydrogen-bond donors (Lipinski definition) is 3. The molecule has 0 aliphatic heterocycles. The minimum absolute atomic E-state index is 0.0410. The van der Waals surface area contributed by atoms with Gasteiger partial charge in [0.2, 0.25) is 0 Å². The van der Waals surface area contributed by atoms with Crippen LogP contribution in [0.3, 0.4) is 0 Å². The van der Waals surface area contributed by atoms with Crippen LogP contribution in [0, 0.1) is 6.92 Å². The summed E-state index contributed by atoms with van der Waals surface area (Å²) in [5.74, 6) is -0.482. The molecule has 0 heterocycles. The largest absolute Gasteiger partial charge is 0.322 e. The Kier molecular flexibility index (Phi) is 7.09. The molecular formula is C26H23N3O5S2. The van der Waals surface area contributed by atoms with Crippen LogP contribution in [0.15, 0.2) is 113 Å². The van der Waals surface area contributed by atoms with Crippen molar-refractivity contribution in [2.45, 2.75) is 16.7 Å². The number of carbonyl (C=O) groups is 1. The zero-order valence-electron chi connectivity index (χ0n) is 19.2. The number of carbonyl (C=O) groups excluding carboxylic acids is 1. The van der Waals surface area contributed by atoms with Crippen LogP contribution < -0.4 is 14.8 Å². The van der Waals surface area contributed by atoms with Gasteiger partial charge in [-0.1, -0.05) is 36.4 Å². The predicted octanol–water partition coefficient (Wildman–Crippen LogP) is 4.85. The van der Waals surface area contributed by atoms with Gasteiger partial charge >= 0.3 is 0 Å². The van der Waals surface area contributed by atoms with Crippen LogP contribution in [0.5, 0.6) is 0 Å². The maximum Gasteiger partial charge on any atom is 0.261 e. The Hall–Kier alpha value is -4.15. The number of hydrogen-bond acceptors (Lipinski definition) is 5. The number of anilines is 3. The lowest BCUT2D eigenvalue weighted by atomic mass is 10.2. The molecule has 0 saturated heterocycles. The Morgan fingerprint density at radius 3 is 1.75 bits per heavy atom. The summed E-state index contributed by atoms with van der Waals surface area (Å²) in [6.07, 6.45) is 0.